The maximum absolute atomic E-state index is 5.44. The molecule has 0 radical (unpaired) electrons. The number of thiocarbonyl (C=S) groups is 1. The predicted molar refractivity (Wildman–Crippen MR) is 73.2 cm³/mol. The van der Waals surface area contributed by atoms with Gasteiger partial charge in [-0.25, -0.2) is 0 Å². The SMILES string of the molecule is C#CCOP(=S)(NC=S)SC(C)CC. The molecule has 0 aliphatic heterocycles. The van der Waals surface area contributed by atoms with Crippen molar-refractivity contribution in [1.29, 1.82) is 0 Å². The maximum Gasteiger partial charge on any atom is 0.211 e. The van der Waals surface area contributed by atoms with Gasteiger partial charge >= 0.3 is 0 Å². The third-order valence-corrected chi connectivity index (χ3v) is 7.55. The zero-order valence-corrected chi connectivity index (χ0v) is 11.6. The first-order valence-electron chi connectivity index (χ1n) is 4.16. The third kappa shape index (κ3) is 6.00. The zero-order chi connectivity index (χ0) is 11.0. The highest BCUT2D eigenvalue weighted by Gasteiger charge is 2.19. The average molecular weight is 267 g/mol. The van der Waals surface area contributed by atoms with E-state index in [9.17, 15) is 0 Å². The summed E-state index contributed by atoms with van der Waals surface area (Å²) in [7, 11) is 0. The molecular formula is C8H14NOPS3. The summed E-state index contributed by atoms with van der Waals surface area (Å²) in [4.78, 5) is 0. The van der Waals surface area contributed by atoms with E-state index >= 15 is 0 Å². The fourth-order valence-corrected chi connectivity index (χ4v) is 6.82. The summed E-state index contributed by atoms with van der Waals surface area (Å²) in [5, 5.41) is 3.37. The Balaban J connectivity index is 4.31. The highest BCUT2D eigenvalue weighted by atomic mass is 32.9. The van der Waals surface area contributed by atoms with E-state index in [4.69, 9.17) is 35.0 Å². The fraction of sp³-hybridized carbons (Fsp3) is 0.625. The standard InChI is InChI=1S/C8H14NOPS3/c1-4-6-10-11(13,9-7-12)14-8(3)5-2/h1,7-8H,5-6H2,2-3H3,(H,9,12,13). The van der Waals surface area contributed by atoms with Crippen LogP contribution in [0.4, 0.5) is 0 Å². The first kappa shape index (κ1) is 14.4. The monoisotopic (exact) mass is 267 g/mol. The molecule has 0 rings (SSSR count). The molecule has 0 aromatic carbocycles. The molecule has 2 unspecified atom stereocenters. The Labute approximate surface area is 100 Å². The van der Waals surface area contributed by atoms with Crippen LogP contribution >= 0.6 is 29.2 Å². The molecule has 14 heavy (non-hydrogen) atoms. The molecule has 0 spiro atoms. The van der Waals surface area contributed by atoms with Gasteiger partial charge in [0.25, 0.3) is 0 Å². The molecule has 0 saturated heterocycles. The quantitative estimate of drug-likeness (QED) is 0.434. The van der Waals surface area contributed by atoms with E-state index in [-0.39, 0.29) is 6.61 Å². The smallest absolute Gasteiger partial charge is 0.211 e. The van der Waals surface area contributed by atoms with Gasteiger partial charge in [0.05, 0.1) is 5.49 Å². The molecule has 6 heteroatoms. The molecule has 0 fully saturated rings. The Hall–Kier alpha value is 0.410. The van der Waals surface area contributed by atoms with E-state index in [2.05, 4.69) is 24.9 Å². The number of terminal acetylenes is 1. The van der Waals surface area contributed by atoms with Gasteiger partial charge in [-0.1, -0.05) is 43.4 Å². The van der Waals surface area contributed by atoms with E-state index in [1.165, 1.54) is 5.49 Å². The molecule has 0 saturated carbocycles. The largest absolute Gasteiger partial charge is 0.326 e. The van der Waals surface area contributed by atoms with Crippen molar-refractivity contribution in [3.8, 4) is 12.3 Å². The Kier molecular flexibility index (Phi) is 7.89. The second kappa shape index (κ2) is 7.67. The van der Waals surface area contributed by atoms with Gasteiger partial charge in [0.15, 0.2) is 0 Å². The van der Waals surface area contributed by atoms with Gasteiger partial charge in [-0.2, -0.15) is 0 Å². The third-order valence-electron chi connectivity index (χ3n) is 1.42. The Morgan fingerprint density at radius 2 is 2.43 bits per heavy atom. The van der Waals surface area contributed by atoms with Crippen LogP contribution in [0, 0.1) is 12.3 Å². The summed E-state index contributed by atoms with van der Waals surface area (Å²) in [6, 6.07) is 0. The highest BCUT2D eigenvalue weighted by molar-refractivity contribution is 8.69. The van der Waals surface area contributed by atoms with Crippen LogP contribution in [0.3, 0.4) is 0 Å². The summed E-state index contributed by atoms with van der Waals surface area (Å²) < 4.78 is 5.44. The van der Waals surface area contributed by atoms with Crippen molar-refractivity contribution in [2.45, 2.75) is 25.5 Å². The van der Waals surface area contributed by atoms with Crippen LogP contribution in [0.15, 0.2) is 0 Å². The predicted octanol–water partition coefficient (Wildman–Crippen LogP) is 2.94. The van der Waals surface area contributed by atoms with E-state index in [0.29, 0.717) is 5.25 Å². The summed E-state index contributed by atoms with van der Waals surface area (Å²) in [5.74, 6) is 2.41. The van der Waals surface area contributed by atoms with Gasteiger partial charge in [0.1, 0.15) is 6.61 Å². The van der Waals surface area contributed by atoms with Crippen molar-refractivity contribution in [3.63, 3.8) is 0 Å². The van der Waals surface area contributed by atoms with Crippen molar-refractivity contribution in [2.75, 3.05) is 6.61 Å². The van der Waals surface area contributed by atoms with E-state index in [1.807, 2.05) is 0 Å². The second-order valence-corrected chi connectivity index (χ2v) is 9.72. The van der Waals surface area contributed by atoms with Crippen molar-refractivity contribution >= 4 is 46.5 Å². The number of hydrogen-bond donors (Lipinski definition) is 1. The average Bonchev–Trinajstić information content (AvgIpc) is 2.15. The molecule has 2 atom stereocenters. The molecule has 0 aromatic heterocycles. The van der Waals surface area contributed by atoms with Gasteiger partial charge < -0.3 is 9.61 Å². The van der Waals surface area contributed by atoms with Crippen LogP contribution < -0.4 is 5.09 Å². The van der Waals surface area contributed by atoms with E-state index in [1.54, 1.807) is 11.4 Å². The molecule has 2 nitrogen and oxygen atoms in total. The molecule has 1 N–H and O–H groups in total. The second-order valence-electron chi connectivity index (χ2n) is 2.55. The molecule has 0 aliphatic carbocycles. The van der Waals surface area contributed by atoms with Crippen molar-refractivity contribution in [2.24, 2.45) is 0 Å². The highest BCUT2D eigenvalue weighted by Crippen LogP contribution is 2.58. The minimum absolute atomic E-state index is 0.233. The van der Waals surface area contributed by atoms with Crippen molar-refractivity contribution < 1.29 is 4.52 Å². The minimum Gasteiger partial charge on any atom is -0.326 e. The lowest BCUT2D eigenvalue weighted by Crippen LogP contribution is -2.09. The lowest BCUT2D eigenvalue weighted by Gasteiger charge is -2.22. The number of rotatable bonds is 7. The summed E-state index contributed by atoms with van der Waals surface area (Å²) >= 11 is 11.7. The molecule has 0 aliphatic rings. The molecule has 80 valence electrons. The van der Waals surface area contributed by atoms with Crippen LogP contribution in [0.25, 0.3) is 0 Å². The lowest BCUT2D eigenvalue weighted by molar-refractivity contribution is 0.417. The zero-order valence-electron chi connectivity index (χ0n) is 8.23. The van der Waals surface area contributed by atoms with Crippen LogP contribution in [-0.2, 0) is 16.3 Å². The summed E-state index contributed by atoms with van der Waals surface area (Å²) in [6.07, 6.45) is 6.16. The van der Waals surface area contributed by atoms with Gasteiger partial charge in [-0.15, -0.1) is 6.42 Å². The molecule has 0 aromatic rings. The topological polar surface area (TPSA) is 21.3 Å². The van der Waals surface area contributed by atoms with Crippen molar-refractivity contribution in [1.82, 2.24) is 5.09 Å². The van der Waals surface area contributed by atoms with Crippen LogP contribution in [0.2, 0.25) is 0 Å². The molecule has 0 amide bonds. The number of hydrogen-bond acceptors (Lipinski definition) is 4. The lowest BCUT2D eigenvalue weighted by atomic mass is 10.4. The van der Waals surface area contributed by atoms with Gasteiger partial charge in [0, 0.05) is 5.25 Å². The Morgan fingerprint density at radius 1 is 1.79 bits per heavy atom. The normalized spacial score (nSPS) is 16.4. The van der Waals surface area contributed by atoms with Crippen LogP contribution in [0.1, 0.15) is 20.3 Å². The first-order chi connectivity index (χ1) is 6.58. The van der Waals surface area contributed by atoms with E-state index < -0.39 is 5.62 Å². The summed E-state index contributed by atoms with van der Waals surface area (Å²) in [6.45, 7) is 4.45. The van der Waals surface area contributed by atoms with Crippen LogP contribution in [-0.4, -0.2) is 17.3 Å². The fourth-order valence-electron chi connectivity index (χ4n) is 0.596. The number of nitrogens with one attached hydrogen (secondary N) is 1. The molecular weight excluding hydrogens is 253 g/mol. The Morgan fingerprint density at radius 3 is 2.86 bits per heavy atom. The molecule has 0 heterocycles. The van der Waals surface area contributed by atoms with E-state index in [0.717, 1.165) is 6.42 Å². The van der Waals surface area contributed by atoms with Gasteiger partial charge in [-0.3, -0.25) is 0 Å². The van der Waals surface area contributed by atoms with Gasteiger partial charge in [0.2, 0.25) is 5.62 Å². The molecule has 0 bridgehead atoms. The Bertz CT molecular complexity index is 264. The summed E-state index contributed by atoms with van der Waals surface area (Å²) in [5.41, 5.74) is -0.701. The minimum atomic E-state index is -2.11. The van der Waals surface area contributed by atoms with Crippen LogP contribution in [0.5, 0.6) is 0 Å². The first-order valence-corrected chi connectivity index (χ1v) is 8.83. The maximum atomic E-state index is 5.44. The van der Waals surface area contributed by atoms with Gasteiger partial charge in [-0.05, 0) is 18.2 Å². The van der Waals surface area contributed by atoms with Crippen molar-refractivity contribution in [3.05, 3.63) is 0 Å².